The summed E-state index contributed by atoms with van der Waals surface area (Å²) in [5, 5.41) is 3.23. The van der Waals surface area contributed by atoms with E-state index in [0.29, 0.717) is 12.5 Å². The van der Waals surface area contributed by atoms with E-state index in [1.54, 1.807) is 0 Å². The molecule has 5 nitrogen and oxygen atoms in total. The molecule has 1 fully saturated rings. The van der Waals surface area contributed by atoms with Gasteiger partial charge in [0, 0.05) is 12.1 Å². The third-order valence-corrected chi connectivity index (χ3v) is 4.73. The Labute approximate surface area is 111 Å². The predicted octanol–water partition coefficient (Wildman–Crippen LogP) is 0.388. The molecule has 0 aromatic carbocycles. The second kappa shape index (κ2) is 7.43. The SMILES string of the molecule is CC(C)NCCCS(=O)(=O)NC1CCN(C)CC1. The molecule has 0 saturated carbocycles. The fourth-order valence-electron chi connectivity index (χ4n) is 2.09. The van der Waals surface area contributed by atoms with Gasteiger partial charge in [-0.3, -0.25) is 0 Å². The van der Waals surface area contributed by atoms with E-state index in [1.165, 1.54) is 0 Å². The lowest BCUT2D eigenvalue weighted by atomic mass is 10.1. The summed E-state index contributed by atoms with van der Waals surface area (Å²) in [5.41, 5.74) is 0. The molecule has 18 heavy (non-hydrogen) atoms. The fraction of sp³-hybridized carbons (Fsp3) is 1.00. The molecule has 1 heterocycles. The van der Waals surface area contributed by atoms with E-state index in [1.807, 2.05) is 0 Å². The van der Waals surface area contributed by atoms with Crippen LogP contribution in [0, 0.1) is 0 Å². The van der Waals surface area contributed by atoms with E-state index < -0.39 is 10.0 Å². The van der Waals surface area contributed by atoms with Crippen LogP contribution in [0.25, 0.3) is 0 Å². The highest BCUT2D eigenvalue weighted by Gasteiger charge is 2.21. The van der Waals surface area contributed by atoms with E-state index in [9.17, 15) is 8.42 Å². The van der Waals surface area contributed by atoms with Crippen molar-refractivity contribution in [1.82, 2.24) is 14.9 Å². The van der Waals surface area contributed by atoms with Crippen LogP contribution < -0.4 is 10.0 Å². The zero-order valence-corrected chi connectivity index (χ0v) is 12.6. The Kier molecular flexibility index (Phi) is 6.55. The Bertz CT molecular complexity index is 322. The summed E-state index contributed by atoms with van der Waals surface area (Å²) in [4.78, 5) is 2.23. The number of hydrogen-bond acceptors (Lipinski definition) is 4. The number of likely N-dealkylation sites (tertiary alicyclic amines) is 1. The maximum Gasteiger partial charge on any atom is 0.211 e. The molecule has 108 valence electrons. The number of nitrogens with zero attached hydrogens (tertiary/aromatic N) is 1. The molecule has 0 radical (unpaired) electrons. The van der Waals surface area contributed by atoms with Crippen molar-refractivity contribution in [2.75, 3.05) is 32.4 Å². The normalized spacial score (nSPS) is 19.6. The van der Waals surface area contributed by atoms with Crippen LogP contribution >= 0.6 is 0 Å². The van der Waals surface area contributed by atoms with Crippen molar-refractivity contribution in [3.8, 4) is 0 Å². The maximum absolute atomic E-state index is 11.9. The van der Waals surface area contributed by atoms with Crippen LogP contribution in [0.4, 0.5) is 0 Å². The van der Waals surface area contributed by atoms with Crippen LogP contribution in [0.15, 0.2) is 0 Å². The molecule has 1 saturated heterocycles. The third-order valence-electron chi connectivity index (χ3n) is 3.21. The van der Waals surface area contributed by atoms with Crippen LogP contribution in [0.3, 0.4) is 0 Å². The van der Waals surface area contributed by atoms with Crippen LogP contribution in [0.2, 0.25) is 0 Å². The van der Waals surface area contributed by atoms with Gasteiger partial charge in [0.25, 0.3) is 0 Å². The highest BCUT2D eigenvalue weighted by Crippen LogP contribution is 2.09. The monoisotopic (exact) mass is 277 g/mol. The van der Waals surface area contributed by atoms with Gasteiger partial charge in [0.1, 0.15) is 0 Å². The zero-order valence-electron chi connectivity index (χ0n) is 11.8. The second-order valence-electron chi connectivity index (χ2n) is 5.48. The van der Waals surface area contributed by atoms with Crippen LogP contribution in [-0.2, 0) is 10.0 Å². The smallest absolute Gasteiger partial charge is 0.211 e. The molecule has 0 aromatic heterocycles. The summed E-state index contributed by atoms with van der Waals surface area (Å²) in [5.74, 6) is 0.221. The van der Waals surface area contributed by atoms with Crippen LogP contribution in [0.1, 0.15) is 33.1 Å². The van der Waals surface area contributed by atoms with Gasteiger partial charge in [0.2, 0.25) is 10.0 Å². The molecule has 0 bridgehead atoms. The average molecular weight is 277 g/mol. The van der Waals surface area contributed by atoms with Crippen molar-refractivity contribution < 1.29 is 8.42 Å². The average Bonchev–Trinajstić information content (AvgIpc) is 2.27. The minimum absolute atomic E-state index is 0.129. The number of piperidine rings is 1. The van der Waals surface area contributed by atoms with Crippen molar-refractivity contribution in [2.45, 2.75) is 45.2 Å². The Morgan fingerprint density at radius 2 is 1.89 bits per heavy atom. The van der Waals surface area contributed by atoms with E-state index >= 15 is 0 Å². The van der Waals surface area contributed by atoms with E-state index in [2.05, 4.69) is 35.8 Å². The molecule has 0 atom stereocenters. The molecular formula is C12H27N3O2S. The lowest BCUT2D eigenvalue weighted by Gasteiger charge is -2.29. The summed E-state index contributed by atoms with van der Waals surface area (Å²) in [6, 6.07) is 0.541. The summed E-state index contributed by atoms with van der Waals surface area (Å²) in [7, 11) is -1.03. The molecule has 0 aliphatic carbocycles. The Balaban J connectivity index is 2.22. The van der Waals surface area contributed by atoms with E-state index in [0.717, 1.165) is 32.5 Å². The van der Waals surface area contributed by atoms with E-state index in [4.69, 9.17) is 0 Å². The minimum atomic E-state index is -3.11. The van der Waals surface area contributed by atoms with Gasteiger partial charge in [-0.15, -0.1) is 0 Å². The van der Waals surface area contributed by atoms with Gasteiger partial charge >= 0.3 is 0 Å². The van der Waals surface area contributed by atoms with Crippen LogP contribution in [0.5, 0.6) is 0 Å². The molecule has 0 amide bonds. The molecule has 6 heteroatoms. The molecular weight excluding hydrogens is 250 g/mol. The molecule has 0 unspecified atom stereocenters. The van der Waals surface area contributed by atoms with Gasteiger partial charge in [-0.1, -0.05) is 13.8 Å². The first kappa shape index (κ1) is 15.9. The van der Waals surface area contributed by atoms with Crippen molar-refractivity contribution in [2.24, 2.45) is 0 Å². The highest BCUT2D eigenvalue weighted by molar-refractivity contribution is 7.89. The Morgan fingerprint density at radius 3 is 2.44 bits per heavy atom. The van der Waals surface area contributed by atoms with Crippen molar-refractivity contribution >= 4 is 10.0 Å². The topological polar surface area (TPSA) is 61.4 Å². The van der Waals surface area contributed by atoms with Gasteiger partial charge < -0.3 is 10.2 Å². The third kappa shape index (κ3) is 6.68. The molecule has 2 N–H and O–H groups in total. The lowest BCUT2D eigenvalue weighted by Crippen LogP contribution is -2.44. The summed E-state index contributed by atoms with van der Waals surface area (Å²) in [6.45, 7) is 6.83. The van der Waals surface area contributed by atoms with Crippen molar-refractivity contribution in [3.05, 3.63) is 0 Å². The molecule has 1 aliphatic heterocycles. The quantitative estimate of drug-likeness (QED) is 0.661. The molecule has 1 aliphatic rings. The van der Waals surface area contributed by atoms with Gasteiger partial charge in [-0.05, 0) is 45.9 Å². The molecule has 1 rings (SSSR count). The Morgan fingerprint density at radius 1 is 1.28 bits per heavy atom. The zero-order chi connectivity index (χ0) is 13.6. The second-order valence-corrected chi connectivity index (χ2v) is 7.35. The summed E-state index contributed by atoms with van der Waals surface area (Å²) >= 11 is 0. The van der Waals surface area contributed by atoms with Gasteiger partial charge in [0.05, 0.1) is 5.75 Å². The number of nitrogens with one attached hydrogen (secondary N) is 2. The molecule has 0 aromatic rings. The number of rotatable bonds is 7. The first-order valence-corrected chi connectivity index (χ1v) is 8.46. The highest BCUT2D eigenvalue weighted by atomic mass is 32.2. The van der Waals surface area contributed by atoms with Gasteiger partial charge in [-0.25, -0.2) is 13.1 Å². The first-order valence-electron chi connectivity index (χ1n) is 6.81. The van der Waals surface area contributed by atoms with Crippen molar-refractivity contribution in [1.29, 1.82) is 0 Å². The Hall–Kier alpha value is -0.170. The van der Waals surface area contributed by atoms with Crippen molar-refractivity contribution in [3.63, 3.8) is 0 Å². The maximum atomic E-state index is 11.9. The first-order chi connectivity index (χ1) is 8.39. The number of hydrogen-bond donors (Lipinski definition) is 2. The van der Waals surface area contributed by atoms with Gasteiger partial charge in [-0.2, -0.15) is 0 Å². The minimum Gasteiger partial charge on any atom is -0.314 e. The van der Waals surface area contributed by atoms with E-state index in [-0.39, 0.29) is 11.8 Å². The lowest BCUT2D eigenvalue weighted by molar-refractivity contribution is 0.248. The van der Waals surface area contributed by atoms with Gasteiger partial charge in [0.15, 0.2) is 0 Å². The molecule has 0 spiro atoms. The van der Waals surface area contributed by atoms with Crippen LogP contribution in [-0.4, -0.2) is 57.8 Å². The summed E-state index contributed by atoms with van der Waals surface area (Å²) < 4.78 is 26.6. The number of sulfonamides is 1. The fourth-order valence-corrected chi connectivity index (χ4v) is 3.48. The largest absolute Gasteiger partial charge is 0.314 e. The summed E-state index contributed by atoms with van der Waals surface area (Å²) in [6.07, 6.45) is 2.50. The predicted molar refractivity (Wildman–Crippen MR) is 75.2 cm³/mol. The standard InChI is InChI=1S/C12H27N3O2S/c1-11(2)13-7-4-10-18(16,17)14-12-5-8-15(3)9-6-12/h11-14H,4-10H2,1-3H3.